The first-order chi connectivity index (χ1) is 13.2. The van der Waals surface area contributed by atoms with Crippen molar-refractivity contribution in [2.45, 2.75) is 0 Å². The van der Waals surface area contributed by atoms with Gasteiger partial charge in [-0.3, -0.25) is 4.98 Å². The van der Waals surface area contributed by atoms with Gasteiger partial charge in [-0.05, 0) is 24.3 Å². The number of fused-ring (bicyclic) bond motifs is 1. The lowest BCUT2D eigenvalue weighted by atomic mass is 10.2. The second-order valence-corrected chi connectivity index (χ2v) is 5.76. The molecule has 0 aliphatic carbocycles. The number of hydrogen-bond donors (Lipinski definition) is 2. The fourth-order valence-electron chi connectivity index (χ4n) is 2.68. The molecule has 3 N–H and O–H groups in total. The second kappa shape index (κ2) is 6.75. The molecular weight excluding hydrogens is 342 g/mol. The molecule has 0 atom stereocenters. The standard InChI is InChI=1S/C19H17N7O/c1-12(20)13-11-21-9-8-14(13)23-19-16-6-4-10-26(16)25-18(24-19)15-5-3-7-17(22-15)27-2/h3-11H,1,20H2,2H3,(H,21,23,24,25). The molecule has 0 aliphatic rings. The molecule has 0 amide bonds. The number of nitrogens with zero attached hydrogens (tertiary/aromatic N) is 5. The fourth-order valence-corrected chi connectivity index (χ4v) is 2.68. The van der Waals surface area contributed by atoms with Gasteiger partial charge in [0.05, 0.1) is 12.8 Å². The topological polar surface area (TPSA) is 103 Å². The second-order valence-electron chi connectivity index (χ2n) is 5.76. The van der Waals surface area contributed by atoms with Crippen LogP contribution in [0.5, 0.6) is 5.88 Å². The Bertz CT molecular complexity index is 1140. The Kier molecular flexibility index (Phi) is 4.13. The van der Waals surface area contributed by atoms with Gasteiger partial charge >= 0.3 is 0 Å². The third-order valence-electron chi connectivity index (χ3n) is 3.97. The van der Waals surface area contributed by atoms with Gasteiger partial charge in [0.2, 0.25) is 11.7 Å². The summed E-state index contributed by atoms with van der Waals surface area (Å²) in [6.07, 6.45) is 5.18. The molecule has 0 aromatic carbocycles. The van der Waals surface area contributed by atoms with E-state index in [0.717, 1.165) is 11.2 Å². The zero-order valence-corrected chi connectivity index (χ0v) is 14.6. The van der Waals surface area contributed by atoms with Crippen LogP contribution >= 0.6 is 0 Å². The van der Waals surface area contributed by atoms with E-state index in [-0.39, 0.29) is 0 Å². The number of nitrogens with two attached hydrogens (primary N) is 1. The molecule has 0 saturated carbocycles. The van der Waals surface area contributed by atoms with Crippen LogP contribution in [-0.4, -0.2) is 31.7 Å². The Morgan fingerprint density at radius 1 is 1.19 bits per heavy atom. The van der Waals surface area contributed by atoms with Gasteiger partial charge < -0.3 is 15.8 Å². The van der Waals surface area contributed by atoms with Crippen LogP contribution in [0.1, 0.15) is 5.56 Å². The Hall–Kier alpha value is -3.94. The summed E-state index contributed by atoms with van der Waals surface area (Å²) in [6, 6.07) is 11.1. The number of ether oxygens (including phenoxy) is 1. The van der Waals surface area contributed by atoms with Gasteiger partial charge in [-0.15, -0.1) is 5.10 Å². The minimum atomic E-state index is 0.417. The van der Waals surface area contributed by atoms with Gasteiger partial charge in [0.25, 0.3) is 0 Å². The van der Waals surface area contributed by atoms with E-state index in [0.29, 0.717) is 34.5 Å². The first-order valence-electron chi connectivity index (χ1n) is 8.18. The molecule has 0 saturated heterocycles. The maximum Gasteiger partial charge on any atom is 0.213 e. The van der Waals surface area contributed by atoms with Crippen LogP contribution < -0.4 is 15.8 Å². The molecule has 0 bridgehead atoms. The molecule has 0 spiro atoms. The summed E-state index contributed by atoms with van der Waals surface area (Å²) in [7, 11) is 1.57. The molecule has 4 rings (SSSR count). The highest BCUT2D eigenvalue weighted by Gasteiger charge is 2.13. The number of aromatic nitrogens is 5. The van der Waals surface area contributed by atoms with E-state index in [2.05, 4.69) is 31.9 Å². The number of pyridine rings is 2. The summed E-state index contributed by atoms with van der Waals surface area (Å²) in [5.74, 6) is 1.57. The van der Waals surface area contributed by atoms with Crippen molar-refractivity contribution in [3.63, 3.8) is 0 Å². The highest BCUT2D eigenvalue weighted by Crippen LogP contribution is 2.26. The molecule has 0 radical (unpaired) electrons. The lowest BCUT2D eigenvalue weighted by Crippen LogP contribution is -2.06. The van der Waals surface area contributed by atoms with Crippen molar-refractivity contribution in [1.29, 1.82) is 0 Å². The van der Waals surface area contributed by atoms with E-state index in [9.17, 15) is 0 Å². The average molecular weight is 359 g/mol. The first-order valence-corrected chi connectivity index (χ1v) is 8.18. The van der Waals surface area contributed by atoms with Gasteiger partial charge in [0, 0.05) is 35.9 Å². The van der Waals surface area contributed by atoms with Gasteiger partial charge in [-0.2, -0.15) is 0 Å². The molecule has 4 heterocycles. The predicted octanol–water partition coefficient (Wildman–Crippen LogP) is 2.87. The third kappa shape index (κ3) is 3.15. The summed E-state index contributed by atoms with van der Waals surface area (Å²) in [4.78, 5) is 13.2. The van der Waals surface area contributed by atoms with Crippen molar-refractivity contribution >= 4 is 22.7 Å². The van der Waals surface area contributed by atoms with E-state index in [1.807, 2.05) is 36.5 Å². The molecular formula is C19H17N7O. The zero-order valence-electron chi connectivity index (χ0n) is 14.6. The monoisotopic (exact) mass is 359 g/mol. The maximum absolute atomic E-state index is 5.88. The zero-order chi connectivity index (χ0) is 18.8. The number of hydrogen-bond acceptors (Lipinski definition) is 7. The molecule has 0 fully saturated rings. The Morgan fingerprint density at radius 3 is 2.89 bits per heavy atom. The summed E-state index contributed by atoms with van der Waals surface area (Å²) >= 11 is 0. The van der Waals surface area contributed by atoms with Crippen LogP contribution in [0.2, 0.25) is 0 Å². The van der Waals surface area contributed by atoms with E-state index in [4.69, 9.17) is 10.5 Å². The number of rotatable bonds is 5. The van der Waals surface area contributed by atoms with Crippen molar-refractivity contribution in [3.8, 4) is 17.4 Å². The van der Waals surface area contributed by atoms with E-state index < -0.39 is 0 Å². The van der Waals surface area contributed by atoms with Crippen molar-refractivity contribution in [2.24, 2.45) is 5.73 Å². The highest BCUT2D eigenvalue weighted by molar-refractivity contribution is 5.80. The van der Waals surface area contributed by atoms with Crippen LogP contribution in [0, 0.1) is 0 Å². The molecule has 4 aromatic heterocycles. The van der Waals surface area contributed by atoms with Crippen molar-refractivity contribution in [3.05, 3.63) is 67.1 Å². The molecule has 8 heteroatoms. The molecule has 0 unspecified atom stereocenters. The van der Waals surface area contributed by atoms with Crippen LogP contribution in [0.4, 0.5) is 11.5 Å². The number of methoxy groups -OCH3 is 1. The van der Waals surface area contributed by atoms with Crippen molar-refractivity contribution in [1.82, 2.24) is 24.6 Å². The van der Waals surface area contributed by atoms with E-state index in [1.54, 1.807) is 30.1 Å². The SMILES string of the molecule is C=C(N)c1cnccc1Nc1nc(-c2cccc(OC)n2)nn2cccc12. The van der Waals surface area contributed by atoms with Gasteiger partial charge in [-0.1, -0.05) is 12.6 Å². The Labute approximate surface area is 155 Å². The maximum atomic E-state index is 5.88. The average Bonchev–Trinajstić information content (AvgIpc) is 3.17. The Balaban J connectivity index is 1.83. The Morgan fingerprint density at radius 2 is 2.07 bits per heavy atom. The summed E-state index contributed by atoms with van der Waals surface area (Å²) in [5.41, 5.74) is 9.17. The van der Waals surface area contributed by atoms with E-state index >= 15 is 0 Å². The quantitative estimate of drug-likeness (QED) is 0.565. The summed E-state index contributed by atoms with van der Waals surface area (Å²) in [5, 5.41) is 7.84. The largest absolute Gasteiger partial charge is 0.481 e. The van der Waals surface area contributed by atoms with Gasteiger partial charge in [0.1, 0.15) is 11.2 Å². The fraction of sp³-hybridized carbons (Fsp3) is 0.0526. The first kappa shape index (κ1) is 16.5. The normalized spacial score (nSPS) is 10.7. The van der Waals surface area contributed by atoms with Crippen LogP contribution in [0.3, 0.4) is 0 Å². The summed E-state index contributed by atoms with van der Waals surface area (Å²) in [6.45, 7) is 3.80. The minimum absolute atomic E-state index is 0.417. The number of nitrogens with one attached hydrogen (secondary N) is 1. The molecule has 27 heavy (non-hydrogen) atoms. The predicted molar refractivity (Wildman–Crippen MR) is 104 cm³/mol. The summed E-state index contributed by atoms with van der Waals surface area (Å²) < 4.78 is 6.94. The van der Waals surface area contributed by atoms with Crippen molar-refractivity contribution in [2.75, 3.05) is 12.4 Å². The minimum Gasteiger partial charge on any atom is -0.481 e. The lowest BCUT2D eigenvalue weighted by molar-refractivity contribution is 0.398. The van der Waals surface area contributed by atoms with Crippen LogP contribution in [0.15, 0.2) is 61.6 Å². The van der Waals surface area contributed by atoms with Gasteiger partial charge in [0.15, 0.2) is 5.82 Å². The molecule has 0 aliphatic heterocycles. The van der Waals surface area contributed by atoms with Gasteiger partial charge in [-0.25, -0.2) is 14.5 Å². The molecule has 4 aromatic rings. The van der Waals surface area contributed by atoms with Crippen molar-refractivity contribution < 1.29 is 4.74 Å². The third-order valence-corrected chi connectivity index (χ3v) is 3.97. The molecule has 8 nitrogen and oxygen atoms in total. The number of anilines is 2. The highest BCUT2D eigenvalue weighted by atomic mass is 16.5. The van der Waals surface area contributed by atoms with E-state index in [1.165, 1.54) is 0 Å². The van der Waals surface area contributed by atoms with Crippen LogP contribution in [0.25, 0.3) is 22.7 Å². The molecule has 134 valence electrons. The lowest BCUT2D eigenvalue weighted by Gasteiger charge is -2.13. The smallest absolute Gasteiger partial charge is 0.213 e. The van der Waals surface area contributed by atoms with Crippen LogP contribution in [-0.2, 0) is 0 Å².